The van der Waals surface area contributed by atoms with E-state index in [4.69, 9.17) is 0 Å². The van der Waals surface area contributed by atoms with Crippen molar-refractivity contribution in [1.29, 1.82) is 0 Å². The Morgan fingerprint density at radius 1 is 1.44 bits per heavy atom. The van der Waals surface area contributed by atoms with E-state index in [1.54, 1.807) is 17.4 Å². The lowest BCUT2D eigenvalue weighted by Gasteiger charge is -2.37. The van der Waals surface area contributed by atoms with Gasteiger partial charge >= 0.3 is 0 Å². The molecule has 0 bridgehead atoms. The van der Waals surface area contributed by atoms with E-state index in [2.05, 4.69) is 22.1 Å². The average Bonchev–Trinajstić information content (AvgIpc) is 2.70. The fourth-order valence-corrected chi connectivity index (χ4v) is 2.87. The number of hydrogen-bond acceptors (Lipinski definition) is 4. The number of benzene rings is 1. The standard InChI is InChI=1S/C12H10N2OS/c15-7-14-12(4-1-5-12)9-2-3-11-10(6-9)13-8-16-11/h2-3,6,8H,1,4-5H2. The van der Waals surface area contributed by atoms with Crippen LogP contribution in [0.2, 0.25) is 0 Å². The molecule has 4 heteroatoms. The molecule has 3 rings (SSSR count). The number of aliphatic imine (C=N–C) groups is 1. The van der Waals surface area contributed by atoms with Crippen molar-refractivity contribution in [3.63, 3.8) is 0 Å². The van der Waals surface area contributed by atoms with Crippen LogP contribution in [0.4, 0.5) is 0 Å². The van der Waals surface area contributed by atoms with Crippen molar-refractivity contribution in [2.45, 2.75) is 24.8 Å². The smallest absolute Gasteiger partial charge is 0.235 e. The number of fused-ring (bicyclic) bond motifs is 1. The Morgan fingerprint density at radius 2 is 2.31 bits per heavy atom. The van der Waals surface area contributed by atoms with E-state index in [0.29, 0.717) is 0 Å². The van der Waals surface area contributed by atoms with Gasteiger partial charge in [0.1, 0.15) is 0 Å². The summed E-state index contributed by atoms with van der Waals surface area (Å²) in [5.41, 5.74) is 3.63. The summed E-state index contributed by atoms with van der Waals surface area (Å²) in [4.78, 5) is 18.8. The normalized spacial score (nSPS) is 17.8. The lowest BCUT2D eigenvalue weighted by molar-refractivity contribution is 0.256. The minimum absolute atomic E-state index is 0.306. The highest BCUT2D eigenvalue weighted by molar-refractivity contribution is 7.16. The quantitative estimate of drug-likeness (QED) is 0.588. The van der Waals surface area contributed by atoms with E-state index < -0.39 is 0 Å². The van der Waals surface area contributed by atoms with Crippen molar-refractivity contribution in [3.05, 3.63) is 29.3 Å². The maximum absolute atomic E-state index is 10.5. The molecule has 3 nitrogen and oxygen atoms in total. The van der Waals surface area contributed by atoms with E-state index in [0.717, 1.165) is 30.3 Å². The summed E-state index contributed by atoms with van der Waals surface area (Å²) in [5, 5.41) is 0. The molecule has 1 aromatic carbocycles. The first-order valence-electron chi connectivity index (χ1n) is 5.27. The average molecular weight is 230 g/mol. The van der Waals surface area contributed by atoms with E-state index in [1.165, 1.54) is 4.70 Å². The van der Waals surface area contributed by atoms with Gasteiger partial charge in [-0.15, -0.1) is 11.3 Å². The zero-order valence-corrected chi connectivity index (χ0v) is 9.46. The molecule has 1 aliphatic carbocycles. The van der Waals surface area contributed by atoms with Crippen LogP contribution < -0.4 is 0 Å². The van der Waals surface area contributed by atoms with Crippen LogP contribution in [0.15, 0.2) is 28.7 Å². The number of aromatic nitrogens is 1. The Kier molecular flexibility index (Phi) is 2.13. The van der Waals surface area contributed by atoms with Crippen LogP contribution >= 0.6 is 11.3 Å². The number of rotatable bonds is 2. The third-order valence-corrected chi connectivity index (χ3v) is 4.12. The Labute approximate surface area is 96.8 Å². The zero-order chi connectivity index (χ0) is 11.0. The summed E-state index contributed by atoms with van der Waals surface area (Å²) < 4.78 is 1.17. The third-order valence-electron chi connectivity index (χ3n) is 3.31. The monoisotopic (exact) mass is 230 g/mol. The molecule has 0 spiro atoms. The van der Waals surface area contributed by atoms with Gasteiger partial charge in [0.2, 0.25) is 6.08 Å². The Bertz CT molecular complexity index is 579. The van der Waals surface area contributed by atoms with Gasteiger partial charge < -0.3 is 0 Å². The maximum atomic E-state index is 10.5. The van der Waals surface area contributed by atoms with Gasteiger partial charge in [0.25, 0.3) is 0 Å². The molecule has 0 saturated heterocycles. The van der Waals surface area contributed by atoms with Crippen LogP contribution in [-0.2, 0) is 10.3 Å². The van der Waals surface area contributed by atoms with E-state index >= 15 is 0 Å². The summed E-state index contributed by atoms with van der Waals surface area (Å²) in [5.74, 6) is 0. The van der Waals surface area contributed by atoms with E-state index in [9.17, 15) is 4.79 Å². The summed E-state index contributed by atoms with van der Waals surface area (Å²) in [7, 11) is 0. The van der Waals surface area contributed by atoms with Crippen LogP contribution in [0.1, 0.15) is 24.8 Å². The number of carbonyl (C=O) groups excluding carboxylic acids is 1. The van der Waals surface area contributed by atoms with Gasteiger partial charge in [-0.3, -0.25) is 0 Å². The molecule has 1 saturated carbocycles. The van der Waals surface area contributed by atoms with Crippen LogP contribution in [0.3, 0.4) is 0 Å². The van der Waals surface area contributed by atoms with E-state index in [1.807, 2.05) is 11.6 Å². The number of nitrogens with zero attached hydrogens (tertiary/aromatic N) is 2. The lowest BCUT2D eigenvalue weighted by Crippen LogP contribution is -2.31. The molecule has 0 unspecified atom stereocenters. The van der Waals surface area contributed by atoms with Gasteiger partial charge in [-0.1, -0.05) is 6.07 Å². The zero-order valence-electron chi connectivity index (χ0n) is 8.64. The first-order chi connectivity index (χ1) is 7.84. The number of hydrogen-bond donors (Lipinski definition) is 0. The Balaban J connectivity index is 2.13. The van der Waals surface area contributed by atoms with Crippen LogP contribution in [0.25, 0.3) is 10.2 Å². The fourth-order valence-electron chi connectivity index (χ4n) is 2.21. The summed E-state index contributed by atoms with van der Waals surface area (Å²) in [6, 6.07) is 6.16. The molecule has 1 aromatic heterocycles. The molecule has 0 aliphatic heterocycles. The third kappa shape index (κ3) is 1.31. The summed E-state index contributed by atoms with van der Waals surface area (Å²) >= 11 is 1.63. The predicted octanol–water partition coefficient (Wildman–Crippen LogP) is 3.01. The van der Waals surface area contributed by atoms with Gasteiger partial charge in [-0.05, 0) is 37.0 Å². The first-order valence-corrected chi connectivity index (χ1v) is 6.15. The SMILES string of the molecule is O=C=NC1(c2ccc3scnc3c2)CCC1. The van der Waals surface area contributed by atoms with Crippen LogP contribution in [0.5, 0.6) is 0 Å². The van der Waals surface area contributed by atoms with Crippen molar-refractivity contribution in [2.75, 3.05) is 0 Å². The molecule has 16 heavy (non-hydrogen) atoms. The molecule has 0 amide bonds. The largest absolute Gasteiger partial charge is 0.245 e. The van der Waals surface area contributed by atoms with Crippen molar-refractivity contribution in [1.82, 2.24) is 4.98 Å². The lowest BCUT2D eigenvalue weighted by atomic mass is 9.72. The maximum Gasteiger partial charge on any atom is 0.235 e. The van der Waals surface area contributed by atoms with Crippen molar-refractivity contribution >= 4 is 27.6 Å². The minimum atomic E-state index is -0.306. The molecule has 0 N–H and O–H groups in total. The molecule has 1 heterocycles. The highest BCUT2D eigenvalue weighted by atomic mass is 32.1. The molecule has 2 aromatic rings. The molecule has 1 fully saturated rings. The predicted molar refractivity (Wildman–Crippen MR) is 63.3 cm³/mol. The molecular formula is C12H10N2OS. The van der Waals surface area contributed by atoms with E-state index in [-0.39, 0.29) is 5.54 Å². The van der Waals surface area contributed by atoms with Gasteiger partial charge in [0, 0.05) is 0 Å². The Hall–Kier alpha value is -1.51. The van der Waals surface area contributed by atoms with Gasteiger partial charge in [-0.2, -0.15) is 4.99 Å². The first kappa shape index (κ1) is 9.70. The second kappa shape index (κ2) is 3.51. The van der Waals surface area contributed by atoms with Crippen molar-refractivity contribution < 1.29 is 4.79 Å². The molecule has 0 radical (unpaired) electrons. The van der Waals surface area contributed by atoms with Crippen molar-refractivity contribution in [3.8, 4) is 0 Å². The van der Waals surface area contributed by atoms with Gasteiger partial charge in [0.15, 0.2) is 0 Å². The summed E-state index contributed by atoms with van der Waals surface area (Å²) in [6.45, 7) is 0. The van der Waals surface area contributed by atoms with Crippen molar-refractivity contribution in [2.24, 2.45) is 4.99 Å². The summed E-state index contributed by atoms with van der Waals surface area (Å²) in [6.07, 6.45) is 4.72. The van der Waals surface area contributed by atoms with Gasteiger partial charge in [-0.25, -0.2) is 9.78 Å². The second-order valence-corrected chi connectivity index (χ2v) is 5.01. The topological polar surface area (TPSA) is 42.3 Å². The molecule has 0 atom stereocenters. The minimum Gasteiger partial charge on any atom is -0.245 e. The fraction of sp³-hybridized carbons (Fsp3) is 0.333. The second-order valence-electron chi connectivity index (χ2n) is 4.12. The molecule has 1 aliphatic rings. The number of isocyanates is 1. The molecule has 80 valence electrons. The number of thiazole rings is 1. The van der Waals surface area contributed by atoms with Crippen LogP contribution in [0, 0.1) is 0 Å². The highest BCUT2D eigenvalue weighted by Crippen LogP contribution is 2.45. The molecular weight excluding hydrogens is 220 g/mol. The van der Waals surface area contributed by atoms with Crippen LogP contribution in [-0.4, -0.2) is 11.1 Å². The Morgan fingerprint density at radius 3 is 3.00 bits per heavy atom. The van der Waals surface area contributed by atoms with Gasteiger partial charge in [0.05, 0.1) is 21.3 Å². The highest BCUT2D eigenvalue weighted by Gasteiger charge is 2.38.